The van der Waals surface area contributed by atoms with Crippen LogP contribution in [0.25, 0.3) is 11.0 Å². The molecule has 0 bridgehead atoms. The number of imidazole rings is 1. The Morgan fingerprint density at radius 1 is 1.05 bits per heavy atom. The maximum Gasteiger partial charge on any atom is 0.208 e. The number of anilines is 2. The maximum absolute atomic E-state index is 4.63. The van der Waals surface area contributed by atoms with Crippen LogP contribution in [0.15, 0.2) is 67.3 Å². The molecular formula is C16H15N3. The van der Waals surface area contributed by atoms with E-state index in [-0.39, 0.29) is 0 Å². The molecule has 0 fully saturated rings. The van der Waals surface area contributed by atoms with E-state index in [1.165, 1.54) is 0 Å². The molecule has 0 aliphatic carbocycles. The van der Waals surface area contributed by atoms with Gasteiger partial charge in [-0.15, -0.1) is 6.58 Å². The molecule has 0 aliphatic heterocycles. The van der Waals surface area contributed by atoms with E-state index in [9.17, 15) is 0 Å². The molecule has 1 heterocycles. The van der Waals surface area contributed by atoms with Gasteiger partial charge in [0, 0.05) is 12.2 Å². The van der Waals surface area contributed by atoms with Gasteiger partial charge in [-0.1, -0.05) is 36.4 Å². The summed E-state index contributed by atoms with van der Waals surface area (Å²) in [5.41, 5.74) is 3.13. The molecule has 0 atom stereocenters. The van der Waals surface area contributed by atoms with Gasteiger partial charge in [-0.2, -0.15) is 0 Å². The van der Waals surface area contributed by atoms with Crippen LogP contribution in [0.3, 0.4) is 0 Å². The Balaban J connectivity index is 2.07. The van der Waals surface area contributed by atoms with Gasteiger partial charge in [-0.25, -0.2) is 4.98 Å². The number of hydrogen-bond donors (Lipinski definition) is 1. The molecule has 3 heteroatoms. The lowest BCUT2D eigenvalue weighted by molar-refractivity contribution is 0.862. The van der Waals surface area contributed by atoms with Crippen molar-refractivity contribution < 1.29 is 0 Å². The van der Waals surface area contributed by atoms with E-state index in [1.807, 2.05) is 54.6 Å². The highest BCUT2D eigenvalue weighted by molar-refractivity contribution is 5.79. The molecule has 2 aromatic carbocycles. The average Bonchev–Trinajstić information content (AvgIpc) is 2.79. The van der Waals surface area contributed by atoms with Crippen molar-refractivity contribution in [3.8, 4) is 0 Å². The van der Waals surface area contributed by atoms with Crippen LogP contribution >= 0.6 is 0 Å². The molecule has 3 aromatic rings. The highest BCUT2D eigenvalue weighted by atomic mass is 15.2. The van der Waals surface area contributed by atoms with Gasteiger partial charge < -0.3 is 9.88 Å². The number of nitrogens with zero attached hydrogens (tertiary/aromatic N) is 2. The summed E-state index contributed by atoms with van der Waals surface area (Å²) in [6, 6.07) is 18.2. The molecule has 0 amide bonds. The molecule has 0 aliphatic rings. The second-order valence-electron chi connectivity index (χ2n) is 4.31. The molecule has 0 saturated heterocycles. The standard InChI is InChI=1S/C16H15N3/c1-2-12-19-15-11-7-6-10-14(15)18-16(19)17-13-8-4-3-5-9-13/h2-11H,1,12H2,(H,17,18). The van der Waals surface area contributed by atoms with Crippen molar-refractivity contribution in [3.05, 3.63) is 67.3 Å². The largest absolute Gasteiger partial charge is 0.326 e. The minimum atomic E-state index is 0.732. The molecule has 3 nitrogen and oxygen atoms in total. The summed E-state index contributed by atoms with van der Waals surface area (Å²) in [5, 5.41) is 3.35. The summed E-state index contributed by atoms with van der Waals surface area (Å²) in [6.07, 6.45) is 1.88. The Hall–Kier alpha value is -2.55. The van der Waals surface area contributed by atoms with Gasteiger partial charge in [0.25, 0.3) is 0 Å². The molecule has 1 N–H and O–H groups in total. The summed E-state index contributed by atoms with van der Waals surface area (Å²) in [5.74, 6) is 0.840. The first-order valence-corrected chi connectivity index (χ1v) is 6.27. The zero-order chi connectivity index (χ0) is 13.1. The normalized spacial score (nSPS) is 10.5. The molecule has 0 saturated carbocycles. The number of fused-ring (bicyclic) bond motifs is 1. The SMILES string of the molecule is C=CCn1c(Nc2ccccc2)nc2ccccc21. The number of allylic oxidation sites excluding steroid dienone is 1. The van der Waals surface area contributed by atoms with Crippen LogP contribution in [-0.4, -0.2) is 9.55 Å². The smallest absolute Gasteiger partial charge is 0.208 e. The van der Waals surface area contributed by atoms with Crippen molar-refractivity contribution in [1.29, 1.82) is 0 Å². The highest BCUT2D eigenvalue weighted by Gasteiger charge is 2.08. The zero-order valence-electron chi connectivity index (χ0n) is 10.6. The van der Waals surface area contributed by atoms with Crippen molar-refractivity contribution >= 4 is 22.7 Å². The van der Waals surface area contributed by atoms with Crippen LogP contribution in [-0.2, 0) is 6.54 Å². The van der Waals surface area contributed by atoms with Gasteiger partial charge in [0.05, 0.1) is 11.0 Å². The Bertz CT molecular complexity index is 698. The predicted octanol–water partition coefficient (Wildman–Crippen LogP) is 3.97. The Morgan fingerprint density at radius 3 is 2.58 bits per heavy atom. The summed E-state index contributed by atoms with van der Waals surface area (Å²) in [4.78, 5) is 4.63. The molecule has 1 aromatic heterocycles. The van der Waals surface area contributed by atoms with Gasteiger partial charge in [0.1, 0.15) is 0 Å². The lowest BCUT2D eigenvalue weighted by Crippen LogP contribution is -2.02. The van der Waals surface area contributed by atoms with Gasteiger partial charge in [-0.3, -0.25) is 0 Å². The number of rotatable bonds is 4. The van der Waals surface area contributed by atoms with E-state index in [2.05, 4.69) is 27.5 Å². The molecule has 3 rings (SSSR count). The predicted molar refractivity (Wildman–Crippen MR) is 79.7 cm³/mol. The fourth-order valence-electron chi connectivity index (χ4n) is 2.14. The molecule has 0 unspecified atom stereocenters. The van der Waals surface area contributed by atoms with E-state index in [0.29, 0.717) is 0 Å². The van der Waals surface area contributed by atoms with E-state index >= 15 is 0 Å². The van der Waals surface area contributed by atoms with E-state index in [4.69, 9.17) is 0 Å². The number of para-hydroxylation sites is 3. The Kier molecular flexibility index (Phi) is 3.02. The minimum Gasteiger partial charge on any atom is -0.326 e. The molecule has 0 spiro atoms. The Morgan fingerprint density at radius 2 is 1.79 bits per heavy atom. The van der Waals surface area contributed by atoms with Crippen molar-refractivity contribution in [2.24, 2.45) is 0 Å². The van der Waals surface area contributed by atoms with E-state index < -0.39 is 0 Å². The van der Waals surface area contributed by atoms with Crippen molar-refractivity contribution in [2.75, 3.05) is 5.32 Å². The first-order chi connectivity index (χ1) is 9.38. The quantitative estimate of drug-likeness (QED) is 0.709. The van der Waals surface area contributed by atoms with E-state index in [0.717, 1.165) is 29.2 Å². The zero-order valence-corrected chi connectivity index (χ0v) is 10.6. The highest BCUT2D eigenvalue weighted by Crippen LogP contribution is 2.22. The van der Waals surface area contributed by atoms with Gasteiger partial charge in [-0.05, 0) is 24.3 Å². The van der Waals surface area contributed by atoms with Crippen LogP contribution in [0.2, 0.25) is 0 Å². The molecule has 0 radical (unpaired) electrons. The monoisotopic (exact) mass is 249 g/mol. The number of nitrogens with one attached hydrogen (secondary N) is 1. The maximum atomic E-state index is 4.63. The first-order valence-electron chi connectivity index (χ1n) is 6.27. The number of aromatic nitrogens is 2. The van der Waals surface area contributed by atoms with E-state index in [1.54, 1.807) is 0 Å². The van der Waals surface area contributed by atoms with Gasteiger partial charge in [0.15, 0.2) is 0 Å². The van der Waals surface area contributed by atoms with Crippen molar-refractivity contribution in [1.82, 2.24) is 9.55 Å². The number of hydrogen-bond acceptors (Lipinski definition) is 2. The summed E-state index contributed by atoms with van der Waals surface area (Å²) in [6.45, 7) is 4.55. The van der Waals surface area contributed by atoms with Crippen LogP contribution in [0.5, 0.6) is 0 Å². The third-order valence-corrected chi connectivity index (χ3v) is 3.00. The summed E-state index contributed by atoms with van der Waals surface area (Å²) >= 11 is 0. The summed E-state index contributed by atoms with van der Waals surface area (Å²) in [7, 11) is 0. The third-order valence-electron chi connectivity index (χ3n) is 3.00. The molecule has 19 heavy (non-hydrogen) atoms. The first kappa shape index (κ1) is 11.5. The fourth-order valence-corrected chi connectivity index (χ4v) is 2.14. The van der Waals surface area contributed by atoms with Crippen molar-refractivity contribution in [2.45, 2.75) is 6.54 Å². The molecular weight excluding hydrogens is 234 g/mol. The van der Waals surface area contributed by atoms with Crippen LogP contribution in [0.4, 0.5) is 11.6 Å². The average molecular weight is 249 g/mol. The lowest BCUT2D eigenvalue weighted by Gasteiger charge is -2.08. The van der Waals surface area contributed by atoms with Crippen molar-refractivity contribution in [3.63, 3.8) is 0 Å². The van der Waals surface area contributed by atoms with Gasteiger partial charge in [0.2, 0.25) is 5.95 Å². The fraction of sp³-hybridized carbons (Fsp3) is 0.0625. The summed E-state index contributed by atoms with van der Waals surface area (Å²) < 4.78 is 2.12. The Labute approximate surface area is 112 Å². The minimum absolute atomic E-state index is 0.732. The third kappa shape index (κ3) is 2.22. The second-order valence-corrected chi connectivity index (χ2v) is 4.31. The second kappa shape index (κ2) is 4.98. The van der Waals surface area contributed by atoms with Gasteiger partial charge >= 0.3 is 0 Å². The van der Waals surface area contributed by atoms with Crippen LogP contribution in [0.1, 0.15) is 0 Å². The topological polar surface area (TPSA) is 29.9 Å². The lowest BCUT2D eigenvalue weighted by atomic mass is 10.3. The van der Waals surface area contributed by atoms with Crippen LogP contribution < -0.4 is 5.32 Å². The molecule has 94 valence electrons. The number of benzene rings is 2. The van der Waals surface area contributed by atoms with Crippen LogP contribution in [0, 0.1) is 0 Å².